The number of hydrogen-bond acceptors (Lipinski definition) is 5. The summed E-state index contributed by atoms with van der Waals surface area (Å²) in [5.74, 6) is 0.855. The minimum atomic E-state index is -3.45. The van der Waals surface area contributed by atoms with Crippen LogP contribution in [0.5, 0.6) is 0 Å². The molecule has 1 heterocycles. The van der Waals surface area contributed by atoms with Gasteiger partial charge in [-0.3, -0.25) is 9.79 Å². The summed E-state index contributed by atoms with van der Waals surface area (Å²) in [6.07, 6.45) is 2.65. The van der Waals surface area contributed by atoms with Crippen LogP contribution in [0.4, 0.5) is 0 Å². The minimum absolute atomic E-state index is 0.0412. The molecule has 2 bridgehead atoms. The van der Waals surface area contributed by atoms with E-state index in [4.69, 9.17) is 28.2 Å². The average molecular weight is 530 g/mol. The fourth-order valence-corrected chi connectivity index (χ4v) is 7.89. The zero-order chi connectivity index (χ0) is 25.1. The Morgan fingerprint density at radius 2 is 1.88 bits per heavy atom. The molecule has 1 aromatic carbocycles. The van der Waals surface area contributed by atoms with Crippen molar-refractivity contribution in [2.24, 2.45) is 10.4 Å². The van der Waals surface area contributed by atoms with E-state index < -0.39 is 27.1 Å². The van der Waals surface area contributed by atoms with Crippen molar-refractivity contribution in [2.45, 2.75) is 90.0 Å². The van der Waals surface area contributed by atoms with Gasteiger partial charge in [0, 0.05) is 23.5 Å². The van der Waals surface area contributed by atoms with E-state index in [2.05, 4.69) is 10.6 Å². The van der Waals surface area contributed by atoms with Gasteiger partial charge in [0.2, 0.25) is 15.9 Å². The normalized spacial score (nSPS) is 29.3. The number of amidine groups is 1. The van der Waals surface area contributed by atoms with Crippen molar-refractivity contribution in [3.8, 4) is 0 Å². The van der Waals surface area contributed by atoms with Gasteiger partial charge < -0.3 is 10.6 Å². The average Bonchev–Trinajstić information content (AvgIpc) is 2.96. The number of hydrogen-bond donors (Lipinski definition) is 2. The summed E-state index contributed by atoms with van der Waals surface area (Å²) < 4.78 is 28.3. The standard InChI is InChI=1S/C24H34Cl2N4O3S/c1-6-9-34(32,33)30(11-16-7-8-17(25)18(26)10-16)24-12-23(13-24,14-24)21-28-19(22(4,5)29-21)20(31)27-15(2)3/h7-8,10,15,19H,6,9,11-14H2,1-5H3,(H,27,31)(H,28,29)/t19-,23?,24?/m0/s1. The van der Waals surface area contributed by atoms with Gasteiger partial charge in [0.05, 0.1) is 21.3 Å². The second-order valence-electron chi connectivity index (χ2n) is 11.0. The van der Waals surface area contributed by atoms with Crippen LogP contribution in [0.15, 0.2) is 23.2 Å². The molecule has 2 N–H and O–H groups in total. The van der Waals surface area contributed by atoms with Crippen LogP contribution in [0.3, 0.4) is 0 Å². The first-order valence-electron chi connectivity index (χ1n) is 11.8. The summed E-state index contributed by atoms with van der Waals surface area (Å²) in [6, 6.07) is 4.80. The molecule has 34 heavy (non-hydrogen) atoms. The number of rotatable bonds is 9. The van der Waals surface area contributed by atoms with Gasteiger partial charge in [-0.1, -0.05) is 36.2 Å². The molecule has 10 heteroatoms. The first-order chi connectivity index (χ1) is 15.7. The molecule has 7 nitrogen and oxygen atoms in total. The molecule has 0 aromatic heterocycles. The van der Waals surface area contributed by atoms with Crippen LogP contribution in [0, 0.1) is 5.41 Å². The highest BCUT2D eigenvalue weighted by molar-refractivity contribution is 7.89. The third-order valence-electron chi connectivity index (χ3n) is 7.20. The number of nitrogens with one attached hydrogen (secondary N) is 2. The van der Waals surface area contributed by atoms with Crippen molar-refractivity contribution in [2.75, 3.05) is 5.75 Å². The Balaban J connectivity index is 1.55. The van der Waals surface area contributed by atoms with Crippen LogP contribution >= 0.6 is 23.2 Å². The van der Waals surface area contributed by atoms with Crippen LogP contribution in [0.25, 0.3) is 0 Å². The highest BCUT2D eigenvalue weighted by Gasteiger charge is 2.75. The fourth-order valence-electron chi connectivity index (χ4n) is 5.70. The summed E-state index contributed by atoms with van der Waals surface area (Å²) in [4.78, 5) is 17.5. The van der Waals surface area contributed by atoms with E-state index in [1.165, 1.54) is 0 Å². The molecular weight excluding hydrogens is 495 g/mol. The Morgan fingerprint density at radius 1 is 1.24 bits per heavy atom. The molecule has 0 spiro atoms. The molecule has 3 saturated carbocycles. The molecule has 3 fully saturated rings. The lowest BCUT2D eigenvalue weighted by atomic mass is 9.38. The Kier molecular flexibility index (Phi) is 6.54. The zero-order valence-electron chi connectivity index (χ0n) is 20.4. The first kappa shape index (κ1) is 25.7. The lowest BCUT2D eigenvalue weighted by Crippen LogP contribution is -2.78. The smallest absolute Gasteiger partial charge is 0.247 e. The van der Waals surface area contributed by atoms with Crippen molar-refractivity contribution in [3.05, 3.63) is 33.8 Å². The molecule has 0 saturated heterocycles. The molecule has 1 atom stereocenters. The molecular formula is C24H34Cl2N4O3S. The van der Waals surface area contributed by atoms with Crippen LogP contribution in [-0.2, 0) is 21.4 Å². The Bertz CT molecular complexity index is 1110. The molecule has 1 aliphatic heterocycles. The minimum Gasteiger partial charge on any atom is -0.366 e. The van der Waals surface area contributed by atoms with E-state index in [1.54, 1.807) is 16.4 Å². The number of carbonyl (C=O) groups is 1. The number of sulfonamides is 1. The molecule has 0 radical (unpaired) electrons. The molecule has 188 valence electrons. The lowest BCUT2D eigenvalue weighted by molar-refractivity contribution is -0.151. The second-order valence-corrected chi connectivity index (χ2v) is 13.8. The first-order valence-corrected chi connectivity index (χ1v) is 14.2. The van der Waals surface area contributed by atoms with Crippen molar-refractivity contribution >= 4 is 45.0 Å². The molecule has 4 aliphatic rings. The molecule has 0 unspecified atom stereocenters. The highest BCUT2D eigenvalue weighted by Crippen LogP contribution is 2.71. The SMILES string of the molecule is CCCS(=O)(=O)N(Cc1ccc(Cl)c(Cl)c1)C12CC(C3=N[C@@H](C(=O)NC(C)C)C(C)(C)N3)(C1)C2. The van der Waals surface area contributed by atoms with Crippen LogP contribution in [0.2, 0.25) is 10.0 Å². The monoisotopic (exact) mass is 528 g/mol. The number of benzene rings is 1. The Labute approximate surface area is 212 Å². The quantitative estimate of drug-likeness (QED) is 0.504. The topological polar surface area (TPSA) is 90.9 Å². The number of aliphatic imine (C=N–C) groups is 1. The zero-order valence-corrected chi connectivity index (χ0v) is 22.7. The third kappa shape index (κ3) is 4.36. The second kappa shape index (κ2) is 8.64. The maximum absolute atomic E-state index is 13.3. The van der Waals surface area contributed by atoms with Gasteiger partial charge in [-0.25, -0.2) is 8.42 Å². The van der Waals surface area contributed by atoms with Gasteiger partial charge in [-0.15, -0.1) is 0 Å². The molecule has 1 aromatic rings. The van der Waals surface area contributed by atoms with E-state index in [0.29, 0.717) is 35.7 Å². The Hall–Kier alpha value is -1.35. The maximum atomic E-state index is 13.3. The van der Waals surface area contributed by atoms with E-state index in [-0.39, 0.29) is 29.7 Å². The maximum Gasteiger partial charge on any atom is 0.247 e. The fraction of sp³-hybridized carbons (Fsp3) is 0.667. The van der Waals surface area contributed by atoms with Gasteiger partial charge in [-0.05, 0) is 71.1 Å². The summed E-state index contributed by atoms with van der Waals surface area (Å²) in [5.41, 5.74) is -0.296. The van der Waals surface area contributed by atoms with E-state index in [1.807, 2.05) is 40.7 Å². The number of halogens is 2. The summed E-state index contributed by atoms with van der Waals surface area (Å²) in [5, 5.41) is 7.31. The predicted octanol–water partition coefficient (Wildman–Crippen LogP) is 4.13. The summed E-state index contributed by atoms with van der Waals surface area (Å²) >= 11 is 12.3. The van der Waals surface area contributed by atoms with Crippen LogP contribution in [0.1, 0.15) is 65.9 Å². The van der Waals surface area contributed by atoms with Gasteiger partial charge in [0.25, 0.3) is 0 Å². The van der Waals surface area contributed by atoms with E-state index >= 15 is 0 Å². The Morgan fingerprint density at radius 3 is 2.44 bits per heavy atom. The van der Waals surface area contributed by atoms with Gasteiger partial charge in [0.1, 0.15) is 5.84 Å². The predicted molar refractivity (Wildman–Crippen MR) is 137 cm³/mol. The number of amides is 1. The van der Waals surface area contributed by atoms with Gasteiger partial charge in [-0.2, -0.15) is 4.31 Å². The van der Waals surface area contributed by atoms with E-state index in [9.17, 15) is 13.2 Å². The largest absolute Gasteiger partial charge is 0.366 e. The highest BCUT2D eigenvalue weighted by atomic mass is 35.5. The van der Waals surface area contributed by atoms with E-state index in [0.717, 1.165) is 11.4 Å². The van der Waals surface area contributed by atoms with Crippen molar-refractivity contribution in [1.82, 2.24) is 14.9 Å². The summed E-state index contributed by atoms with van der Waals surface area (Å²) in [6.45, 7) is 9.97. The van der Waals surface area contributed by atoms with Crippen LogP contribution in [-0.4, -0.2) is 53.4 Å². The lowest BCUT2D eigenvalue weighted by Gasteiger charge is -2.73. The summed E-state index contributed by atoms with van der Waals surface area (Å²) in [7, 11) is -3.45. The van der Waals surface area contributed by atoms with Gasteiger partial charge in [0.15, 0.2) is 6.04 Å². The number of nitrogens with zero attached hydrogens (tertiary/aromatic N) is 2. The molecule has 5 rings (SSSR count). The van der Waals surface area contributed by atoms with Gasteiger partial charge >= 0.3 is 0 Å². The van der Waals surface area contributed by atoms with Crippen molar-refractivity contribution < 1.29 is 13.2 Å². The molecule has 3 aliphatic carbocycles. The molecule has 1 amide bonds. The van der Waals surface area contributed by atoms with Crippen molar-refractivity contribution in [1.29, 1.82) is 0 Å². The third-order valence-corrected chi connectivity index (χ3v) is 10.1. The van der Waals surface area contributed by atoms with Crippen LogP contribution < -0.4 is 10.6 Å². The van der Waals surface area contributed by atoms with Crippen molar-refractivity contribution in [3.63, 3.8) is 0 Å². The number of carbonyl (C=O) groups excluding carboxylic acids is 1.